The molecule has 3 aliphatic rings. The molecule has 7 nitrogen and oxygen atoms in total. The zero-order valence-electron chi connectivity index (χ0n) is 17.5. The topological polar surface area (TPSA) is 77.1 Å². The summed E-state index contributed by atoms with van der Waals surface area (Å²) in [6.45, 7) is 0.712. The Bertz CT molecular complexity index is 895. The highest BCUT2D eigenvalue weighted by atomic mass is 35.5. The minimum absolute atomic E-state index is 0.0166. The molecule has 0 aromatic heterocycles. The summed E-state index contributed by atoms with van der Waals surface area (Å²) in [6.07, 6.45) is -4.25. The number of nitrogens with zero attached hydrogens (tertiary/aromatic N) is 1. The monoisotopic (exact) mass is 494 g/mol. The van der Waals surface area contributed by atoms with Crippen LogP contribution in [0.1, 0.15) is 25.7 Å². The first-order chi connectivity index (χ1) is 15.5. The first-order valence-corrected chi connectivity index (χ1v) is 10.9. The van der Waals surface area contributed by atoms with Crippen LogP contribution in [0.5, 0.6) is 5.75 Å². The maximum absolute atomic E-state index is 13.4. The molecule has 0 atom stereocenters. The van der Waals surface area contributed by atoms with E-state index in [0.29, 0.717) is 13.1 Å². The van der Waals surface area contributed by atoms with Gasteiger partial charge in [0.15, 0.2) is 6.61 Å². The van der Waals surface area contributed by atoms with Crippen LogP contribution in [-0.2, 0) is 19.1 Å². The predicted molar refractivity (Wildman–Crippen MR) is 107 cm³/mol. The Morgan fingerprint density at radius 3 is 2.48 bits per heavy atom. The summed E-state index contributed by atoms with van der Waals surface area (Å²) in [5.41, 5.74) is -0.0180. The minimum atomic E-state index is -4.65. The summed E-state index contributed by atoms with van der Waals surface area (Å²) in [4.78, 5) is 25.9. The standard InChI is InChI=1S/C21H23ClF4N2O5/c22-16-2-1-13(5-17(16)23)31-8-18(29)27-12-6-20(7-12)10-28(11-20)19(30)9-32-14-3-15(4-14)33-21(24,25)26/h1-2,5,12,14-15H,3-4,6-11H2,(H,27,29)/t14-,15+. The molecule has 4 rings (SSSR count). The van der Waals surface area contributed by atoms with Gasteiger partial charge in [-0.05, 0) is 25.0 Å². The lowest BCUT2D eigenvalue weighted by Crippen LogP contribution is -2.68. The number of halogens is 5. The number of hydrogen-bond donors (Lipinski definition) is 1. The quantitative estimate of drug-likeness (QED) is 0.562. The second kappa shape index (κ2) is 9.27. The summed E-state index contributed by atoms with van der Waals surface area (Å²) in [6, 6.07) is 3.91. The normalized spacial score (nSPS) is 24.0. The van der Waals surface area contributed by atoms with Gasteiger partial charge in [0.05, 0.1) is 17.2 Å². The van der Waals surface area contributed by atoms with Crippen molar-refractivity contribution in [1.29, 1.82) is 0 Å². The van der Waals surface area contributed by atoms with Crippen LogP contribution in [0, 0.1) is 11.2 Å². The molecule has 33 heavy (non-hydrogen) atoms. The number of likely N-dealkylation sites (tertiary alicyclic amines) is 1. The zero-order valence-corrected chi connectivity index (χ0v) is 18.3. The Morgan fingerprint density at radius 1 is 1.15 bits per heavy atom. The van der Waals surface area contributed by atoms with Gasteiger partial charge in [-0.3, -0.25) is 14.3 Å². The van der Waals surface area contributed by atoms with Gasteiger partial charge in [0.1, 0.15) is 18.2 Å². The second-order valence-corrected chi connectivity index (χ2v) is 9.28. The van der Waals surface area contributed by atoms with Crippen LogP contribution in [-0.4, -0.2) is 67.6 Å². The van der Waals surface area contributed by atoms with E-state index in [0.717, 1.165) is 18.9 Å². The highest BCUT2D eigenvalue weighted by Gasteiger charge is 2.54. The molecule has 3 fully saturated rings. The van der Waals surface area contributed by atoms with Crippen LogP contribution in [0.15, 0.2) is 18.2 Å². The van der Waals surface area contributed by atoms with Crippen LogP contribution in [0.2, 0.25) is 5.02 Å². The largest absolute Gasteiger partial charge is 0.522 e. The molecule has 182 valence electrons. The smallest absolute Gasteiger partial charge is 0.484 e. The van der Waals surface area contributed by atoms with E-state index < -0.39 is 24.4 Å². The molecule has 1 heterocycles. The summed E-state index contributed by atoms with van der Waals surface area (Å²) in [5, 5.41) is 2.82. The molecule has 1 aromatic carbocycles. The maximum atomic E-state index is 13.4. The number of carbonyl (C=O) groups is 2. The van der Waals surface area contributed by atoms with Crippen molar-refractivity contribution in [2.24, 2.45) is 5.41 Å². The van der Waals surface area contributed by atoms with Crippen molar-refractivity contribution in [3.05, 3.63) is 29.0 Å². The number of benzene rings is 1. The van der Waals surface area contributed by atoms with Gasteiger partial charge >= 0.3 is 6.36 Å². The molecule has 1 saturated heterocycles. The highest BCUT2D eigenvalue weighted by Crippen LogP contribution is 2.48. The van der Waals surface area contributed by atoms with Crippen molar-refractivity contribution in [3.8, 4) is 5.75 Å². The Hall–Kier alpha value is -2.11. The van der Waals surface area contributed by atoms with Gasteiger partial charge in [-0.2, -0.15) is 0 Å². The Morgan fingerprint density at radius 2 is 1.85 bits per heavy atom. The van der Waals surface area contributed by atoms with E-state index in [4.69, 9.17) is 21.1 Å². The van der Waals surface area contributed by atoms with Gasteiger partial charge in [-0.1, -0.05) is 11.6 Å². The first-order valence-electron chi connectivity index (χ1n) is 10.5. The van der Waals surface area contributed by atoms with Crippen molar-refractivity contribution in [2.45, 2.75) is 50.3 Å². The molecule has 2 amide bonds. The van der Waals surface area contributed by atoms with Gasteiger partial charge in [-0.15, -0.1) is 13.2 Å². The number of rotatable bonds is 8. The lowest BCUT2D eigenvalue weighted by Gasteiger charge is -2.59. The SMILES string of the molecule is O=C(COc1ccc(Cl)c(F)c1)NC1CC2(C1)CN(C(=O)CO[C@H]1C[C@@H](OC(F)(F)F)C1)C2. The third-order valence-electron chi connectivity index (χ3n) is 6.18. The fraction of sp³-hybridized carbons (Fsp3) is 0.619. The fourth-order valence-corrected chi connectivity index (χ4v) is 4.61. The summed E-state index contributed by atoms with van der Waals surface area (Å²) in [5.74, 6) is -0.939. The molecular formula is C21H23ClF4N2O5. The number of ether oxygens (including phenoxy) is 3. The number of amides is 2. The molecule has 2 aliphatic carbocycles. The van der Waals surface area contributed by atoms with Crippen LogP contribution in [0.25, 0.3) is 0 Å². The average molecular weight is 495 g/mol. The highest BCUT2D eigenvalue weighted by molar-refractivity contribution is 6.30. The molecule has 12 heteroatoms. The molecular weight excluding hydrogens is 472 g/mol. The summed E-state index contributed by atoms with van der Waals surface area (Å²) >= 11 is 5.60. The molecule has 1 N–H and O–H groups in total. The van der Waals surface area contributed by atoms with Crippen molar-refractivity contribution in [2.75, 3.05) is 26.3 Å². The van der Waals surface area contributed by atoms with Crippen molar-refractivity contribution in [3.63, 3.8) is 0 Å². The molecule has 2 saturated carbocycles. The number of alkyl halides is 3. The van der Waals surface area contributed by atoms with E-state index in [-0.39, 0.29) is 60.1 Å². The zero-order chi connectivity index (χ0) is 23.8. The Kier molecular flexibility index (Phi) is 6.75. The second-order valence-electron chi connectivity index (χ2n) is 8.88. The van der Waals surface area contributed by atoms with Gasteiger partial charge in [0, 0.05) is 43.5 Å². The van der Waals surface area contributed by atoms with Gasteiger partial charge in [-0.25, -0.2) is 4.39 Å². The number of hydrogen-bond acceptors (Lipinski definition) is 5. The summed E-state index contributed by atoms with van der Waals surface area (Å²) < 4.78 is 64.2. The lowest BCUT2D eigenvalue weighted by molar-refractivity contribution is -0.357. The molecule has 1 aliphatic heterocycles. The number of carbonyl (C=O) groups excluding carboxylic acids is 2. The molecule has 1 aromatic rings. The fourth-order valence-electron chi connectivity index (χ4n) is 4.49. The third-order valence-corrected chi connectivity index (χ3v) is 6.49. The minimum Gasteiger partial charge on any atom is -0.484 e. The lowest BCUT2D eigenvalue weighted by atomic mass is 9.60. The summed E-state index contributed by atoms with van der Waals surface area (Å²) in [7, 11) is 0. The maximum Gasteiger partial charge on any atom is 0.522 e. The van der Waals surface area contributed by atoms with E-state index in [1.807, 2.05) is 0 Å². The van der Waals surface area contributed by atoms with Crippen molar-refractivity contribution >= 4 is 23.4 Å². The molecule has 0 bridgehead atoms. The van der Waals surface area contributed by atoms with E-state index >= 15 is 0 Å². The van der Waals surface area contributed by atoms with Crippen molar-refractivity contribution < 1.29 is 41.4 Å². The first kappa shape index (κ1) is 24.0. The van der Waals surface area contributed by atoms with Gasteiger partial charge in [0.2, 0.25) is 5.91 Å². The van der Waals surface area contributed by atoms with E-state index in [1.165, 1.54) is 12.1 Å². The molecule has 0 unspecified atom stereocenters. The predicted octanol–water partition coefficient (Wildman–Crippen LogP) is 3.05. The Labute approximate surface area is 192 Å². The molecule has 1 spiro atoms. The van der Waals surface area contributed by atoms with Crippen LogP contribution < -0.4 is 10.1 Å². The van der Waals surface area contributed by atoms with E-state index in [1.54, 1.807) is 4.90 Å². The van der Waals surface area contributed by atoms with E-state index in [2.05, 4.69) is 10.1 Å². The van der Waals surface area contributed by atoms with E-state index in [9.17, 15) is 27.2 Å². The van der Waals surface area contributed by atoms with Gasteiger partial charge < -0.3 is 19.7 Å². The van der Waals surface area contributed by atoms with Crippen LogP contribution in [0.3, 0.4) is 0 Å². The Balaban J connectivity index is 1.07. The number of nitrogens with one attached hydrogen (secondary N) is 1. The molecule has 0 radical (unpaired) electrons. The van der Waals surface area contributed by atoms with Crippen LogP contribution in [0.4, 0.5) is 17.6 Å². The van der Waals surface area contributed by atoms with Gasteiger partial charge in [0.25, 0.3) is 5.91 Å². The van der Waals surface area contributed by atoms with Crippen molar-refractivity contribution in [1.82, 2.24) is 10.2 Å². The third kappa shape index (κ3) is 6.07. The average Bonchev–Trinajstić information content (AvgIpc) is 2.64. The van der Waals surface area contributed by atoms with Crippen LogP contribution >= 0.6 is 11.6 Å².